The molecule has 1 aromatic heterocycles. The van der Waals surface area contributed by atoms with Crippen molar-refractivity contribution in [3.63, 3.8) is 0 Å². The number of rotatable bonds is 5. The van der Waals surface area contributed by atoms with Crippen LogP contribution in [0, 0.1) is 0 Å². The van der Waals surface area contributed by atoms with E-state index in [1.165, 1.54) is 7.11 Å². The van der Waals surface area contributed by atoms with E-state index in [0.29, 0.717) is 12.3 Å². The fourth-order valence-corrected chi connectivity index (χ4v) is 1.18. The number of ether oxygens (including phenoxy) is 1. The number of aromatic nitrogens is 1. The van der Waals surface area contributed by atoms with Gasteiger partial charge in [-0.25, -0.2) is 0 Å². The number of oxime groups is 1. The Labute approximate surface area is 94.1 Å². The van der Waals surface area contributed by atoms with E-state index in [-0.39, 0.29) is 12.4 Å². The quantitative estimate of drug-likeness (QED) is 0.429. The molecule has 1 heterocycles. The van der Waals surface area contributed by atoms with Crippen LogP contribution in [0.3, 0.4) is 0 Å². The lowest BCUT2D eigenvalue weighted by Crippen LogP contribution is -2.12. The van der Waals surface area contributed by atoms with Gasteiger partial charge in [0.05, 0.1) is 18.7 Å². The summed E-state index contributed by atoms with van der Waals surface area (Å²) >= 11 is 0. The van der Waals surface area contributed by atoms with E-state index in [4.69, 9.17) is 4.74 Å². The van der Waals surface area contributed by atoms with Gasteiger partial charge in [-0.1, -0.05) is 5.16 Å². The number of esters is 1. The number of pyridine rings is 1. The van der Waals surface area contributed by atoms with Crippen molar-refractivity contribution < 1.29 is 14.4 Å². The second-order valence-corrected chi connectivity index (χ2v) is 2.94. The van der Waals surface area contributed by atoms with Crippen LogP contribution in [0.4, 0.5) is 0 Å². The first-order valence-corrected chi connectivity index (χ1v) is 4.94. The Hall–Kier alpha value is -1.91. The lowest BCUT2D eigenvalue weighted by atomic mass is 10.1. The van der Waals surface area contributed by atoms with Crippen molar-refractivity contribution in [1.82, 2.24) is 4.98 Å². The van der Waals surface area contributed by atoms with Gasteiger partial charge in [0.15, 0.2) is 0 Å². The summed E-state index contributed by atoms with van der Waals surface area (Å²) in [4.78, 5) is 20.0. The van der Waals surface area contributed by atoms with E-state index in [0.717, 1.165) is 5.56 Å². The van der Waals surface area contributed by atoms with Crippen molar-refractivity contribution in [2.75, 3.05) is 13.7 Å². The van der Waals surface area contributed by atoms with Crippen LogP contribution in [0.5, 0.6) is 0 Å². The van der Waals surface area contributed by atoms with E-state index in [1.807, 2.05) is 6.07 Å². The van der Waals surface area contributed by atoms with Crippen molar-refractivity contribution in [2.45, 2.75) is 13.3 Å². The lowest BCUT2D eigenvalue weighted by molar-refractivity contribution is -0.141. The number of carbonyl (C=O) groups excluding carboxylic acids is 1. The molecule has 0 fully saturated rings. The highest BCUT2D eigenvalue weighted by Crippen LogP contribution is 2.04. The Morgan fingerprint density at radius 2 is 2.38 bits per heavy atom. The molecule has 0 radical (unpaired) electrons. The molecule has 0 bridgehead atoms. The lowest BCUT2D eigenvalue weighted by Gasteiger charge is -2.04. The summed E-state index contributed by atoms with van der Waals surface area (Å²) < 4.78 is 4.84. The van der Waals surface area contributed by atoms with Crippen LogP contribution in [0.15, 0.2) is 29.7 Å². The third-order valence-corrected chi connectivity index (χ3v) is 1.81. The Kier molecular flexibility index (Phi) is 4.98. The molecular weight excluding hydrogens is 208 g/mol. The van der Waals surface area contributed by atoms with Crippen molar-refractivity contribution in [3.05, 3.63) is 30.1 Å². The van der Waals surface area contributed by atoms with Gasteiger partial charge < -0.3 is 9.57 Å². The number of nitrogens with zero attached hydrogens (tertiary/aromatic N) is 2. The zero-order valence-corrected chi connectivity index (χ0v) is 9.34. The molecular formula is C11H14N2O3. The largest absolute Gasteiger partial charge is 0.466 e. The third kappa shape index (κ3) is 3.68. The van der Waals surface area contributed by atoms with Crippen LogP contribution in [0.2, 0.25) is 0 Å². The predicted octanol–water partition coefficient (Wildman–Crippen LogP) is 1.39. The van der Waals surface area contributed by atoms with Gasteiger partial charge in [-0.05, 0) is 19.1 Å². The van der Waals surface area contributed by atoms with Crippen molar-refractivity contribution in [1.29, 1.82) is 0 Å². The molecule has 0 aromatic carbocycles. The maximum Gasteiger partial charge on any atom is 0.312 e. The van der Waals surface area contributed by atoms with Crippen LogP contribution >= 0.6 is 0 Å². The molecule has 86 valence electrons. The summed E-state index contributed by atoms with van der Waals surface area (Å²) in [6.45, 7) is 2.11. The number of hydrogen-bond donors (Lipinski definition) is 0. The minimum absolute atomic E-state index is 0.0768. The van der Waals surface area contributed by atoms with E-state index < -0.39 is 0 Å². The Morgan fingerprint density at radius 3 is 2.94 bits per heavy atom. The molecule has 0 saturated carbocycles. The smallest absolute Gasteiger partial charge is 0.312 e. The molecule has 1 rings (SSSR count). The van der Waals surface area contributed by atoms with E-state index >= 15 is 0 Å². The van der Waals surface area contributed by atoms with Crippen LogP contribution in [0.1, 0.15) is 18.9 Å². The van der Waals surface area contributed by atoms with E-state index in [1.54, 1.807) is 25.4 Å². The van der Waals surface area contributed by atoms with Gasteiger partial charge in [-0.15, -0.1) is 0 Å². The zero-order valence-electron chi connectivity index (χ0n) is 9.34. The Morgan fingerprint density at radius 1 is 1.56 bits per heavy atom. The van der Waals surface area contributed by atoms with Crippen LogP contribution in [-0.4, -0.2) is 30.4 Å². The molecule has 0 aliphatic carbocycles. The Bertz CT molecular complexity index is 363. The molecule has 0 unspecified atom stereocenters. The summed E-state index contributed by atoms with van der Waals surface area (Å²) in [6.07, 6.45) is 3.35. The van der Waals surface area contributed by atoms with Gasteiger partial charge in [0.25, 0.3) is 0 Å². The van der Waals surface area contributed by atoms with E-state index in [2.05, 4.69) is 15.0 Å². The summed E-state index contributed by atoms with van der Waals surface area (Å²) in [7, 11) is 1.43. The predicted molar refractivity (Wildman–Crippen MR) is 59.0 cm³/mol. The first-order valence-electron chi connectivity index (χ1n) is 4.94. The summed E-state index contributed by atoms with van der Waals surface area (Å²) in [6, 6.07) is 3.58. The summed E-state index contributed by atoms with van der Waals surface area (Å²) in [5.74, 6) is -0.331. The molecule has 16 heavy (non-hydrogen) atoms. The van der Waals surface area contributed by atoms with Crippen molar-refractivity contribution in [2.24, 2.45) is 5.16 Å². The van der Waals surface area contributed by atoms with E-state index in [9.17, 15) is 4.79 Å². The fourth-order valence-electron chi connectivity index (χ4n) is 1.18. The molecule has 0 aliphatic rings. The maximum absolute atomic E-state index is 11.3. The molecule has 0 atom stereocenters. The summed E-state index contributed by atoms with van der Waals surface area (Å²) in [5.41, 5.74) is 1.26. The van der Waals surface area contributed by atoms with Crippen LogP contribution in [0.25, 0.3) is 0 Å². The Balaban J connectivity index is 2.77. The normalized spacial score (nSPS) is 11.0. The molecule has 0 spiro atoms. The molecule has 0 saturated heterocycles. The van der Waals surface area contributed by atoms with Gasteiger partial charge in [-0.3, -0.25) is 9.78 Å². The minimum Gasteiger partial charge on any atom is -0.466 e. The second-order valence-electron chi connectivity index (χ2n) is 2.94. The average Bonchev–Trinajstić information content (AvgIpc) is 2.30. The zero-order chi connectivity index (χ0) is 11.8. The van der Waals surface area contributed by atoms with Gasteiger partial charge in [-0.2, -0.15) is 0 Å². The highest BCUT2D eigenvalue weighted by molar-refractivity contribution is 6.08. The molecule has 5 heteroatoms. The topological polar surface area (TPSA) is 60.8 Å². The minimum atomic E-state index is -0.331. The molecule has 5 nitrogen and oxygen atoms in total. The van der Waals surface area contributed by atoms with Gasteiger partial charge in [0.2, 0.25) is 0 Å². The highest BCUT2D eigenvalue weighted by Gasteiger charge is 2.11. The third-order valence-electron chi connectivity index (χ3n) is 1.81. The molecule has 0 aliphatic heterocycles. The monoisotopic (exact) mass is 222 g/mol. The highest BCUT2D eigenvalue weighted by atomic mass is 16.6. The van der Waals surface area contributed by atoms with Crippen LogP contribution < -0.4 is 0 Å². The van der Waals surface area contributed by atoms with Crippen LogP contribution in [-0.2, 0) is 14.4 Å². The summed E-state index contributed by atoms with van der Waals surface area (Å²) in [5, 5.41) is 3.79. The van der Waals surface area contributed by atoms with Gasteiger partial charge in [0, 0.05) is 18.0 Å². The first-order chi connectivity index (χ1) is 7.77. The SMILES string of the molecule is CCOC(=O)CC(=NOC)c1cccnc1. The first kappa shape index (κ1) is 12.2. The second kappa shape index (κ2) is 6.55. The molecule has 0 N–H and O–H groups in total. The number of carbonyl (C=O) groups is 1. The van der Waals surface area contributed by atoms with Gasteiger partial charge in [0.1, 0.15) is 7.11 Å². The standard InChI is InChI=1S/C11H14N2O3/c1-3-16-11(14)7-10(13-15-2)9-5-4-6-12-8-9/h4-6,8H,3,7H2,1-2H3. The van der Waals surface area contributed by atoms with Gasteiger partial charge >= 0.3 is 5.97 Å². The maximum atomic E-state index is 11.3. The number of hydrogen-bond acceptors (Lipinski definition) is 5. The molecule has 0 amide bonds. The fraction of sp³-hybridized carbons (Fsp3) is 0.364. The molecule has 1 aromatic rings. The van der Waals surface area contributed by atoms with Crippen molar-refractivity contribution >= 4 is 11.7 Å². The van der Waals surface area contributed by atoms with Crippen molar-refractivity contribution in [3.8, 4) is 0 Å². The average molecular weight is 222 g/mol.